The maximum Gasteiger partial charge on any atom is 0.280 e. The van der Waals surface area contributed by atoms with E-state index in [2.05, 4.69) is 0 Å². The van der Waals surface area contributed by atoms with Gasteiger partial charge in [-0.1, -0.05) is 12.1 Å². The molecule has 6 nitrogen and oxygen atoms in total. The minimum Gasteiger partial charge on any atom is -0.344 e. The van der Waals surface area contributed by atoms with Crippen molar-refractivity contribution in [3.05, 3.63) is 29.3 Å². The fourth-order valence-corrected chi connectivity index (χ4v) is 4.88. The number of quaternary nitrogens is 1. The molecule has 1 N–H and O–H groups in total. The Morgan fingerprint density at radius 3 is 2.33 bits per heavy atom. The zero-order valence-corrected chi connectivity index (χ0v) is 16.0. The van der Waals surface area contributed by atoms with E-state index < -0.39 is 10.0 Å². The Morgan fingerprint density at radius 2 is 1.79 bits per heavy atom. The van der Waals surface area contributed by atoms with Crippen molar-refractivity contribution in [1.29, 1.82) is 0 Å². The normalized spacial score (nSPS) is 18.4. The molecular formula is C17H28N3O3S+. The second-order valence-corrected chi connectivity index (χ2v) is 8.69. The van der Waals surface area contributed by atoms with E-state index >= 15 is 0 Å². The van der Waals surface area contributed by atoms with Crippen LogP contribution in [0.5, 0.6) is 0 Å². The van der Waals surface area contributed by atoms with Gasteiger partial charge >= 0.3 is 0 Å². The third kappa shape index (κ3) is 3.79. The minimum atomic E-state index is -3.48. The summed E-state index contributed by atoms with van der Waals surface area (Å²) in [4.78, 5) is 15.2. The first kappa shape index (κ1) is 18.9. The van der Waals surface area contributed by atoms with Gasteiger partial charge in [0.05, 0.1) is 31.1 Å². The topological polar surface area (TPSA) is 62.1 Å². The molecule has 1 aliphatic rings. The number of sulfonamides is 1. The van der Waals surface area contributed by atoms with E-state index in [0.29, 0.717) is 31.1 Å². The second-order valence-electron chi connectivity index (χ2n) is 6.79. The highest BCUT2D eigenvalue weighted by Gasteiger charge is 2.35. The van der Waals surface area contributed by atoms with Crippen molar-refractivity contribution in [2.24, 2.45) is 0 Å². The van der Waals surface area contributed by atoms with E-state index in [1.165, 1.54) is 0 Å². The molecule has 0 aromatic heterocycles. The largest absolute Gasteiger partial charge is 0.344 e. The molecule has 0 radical (unpaired) electrons. The van der Waals surface area contributed by atoms with Crippen LogP contribution >= 0.6 is 0 Å². The van der Waals surface area contributed by atoms with Crippen molar-refractivity contribution in [1.82, 2.24) is 9.21 Å². The molecule has 0 saturated carbocycles. The maximum atomic E-state index is 12.9. The average molecular weight is 354 g/mol. The zero-order valence-electron chi connectivity index (χ0n) is 15.2. The minimum absolute atomic E-state index is 0.0795. The predicted octanol–water partition coefficient (Wildman–Crippen LogP) is -0.331. The number of carbonyl (C=O) groups excluding carboxylic acids is 1. The molecule has 1 saturated heterocycles. The van der Waals surface area contributed by atoms with Gasteiger partial charge in [0, 0.05) is 14.1 Å². The lowest BCUT2D eigenvalue weighted by Gasteiger charge is -2.35. The number of carbonyl (C=O) groups is 1. The van der Waals surface area contributed by atoms with Crippen LogP contribution in [0, 0.1) is 13.8 Å². The summed E-state index contributed by atoms with van der Waals surface area (Å²) in [6, 6.07) is 5.36. The van der Waals surface area contributed by atoms with E-state index in [0.717, 1.165) is 16.0 Å². The summed E-state index contributed by atoms with van der Waals surface area (Å²) in [7, 11) is 0.0227. The lowest BCUT2D eigenvalue weighted by molar-refractivity contribution is -0.917. The maximum absolute atomic E-state index is 12.9. The Morgan fingerprint density at radius 1 is 1.21 bits per heavy atom. The smallest absolute Gasteiger partial charge is 0.280 e. The van der Waals surface area contributed by atoms with E-state index in [9.17, 15) is 13.2 Å². The molecule has 1 aromatic carbocycles. The average Bonchev–Trinajstić information content (AvgIpc) is 2.55. The summed E-state index contributed by atoms with van der Waals surface area (Å²) < 4.78 is 27.4. The lowest BCUT2D eigenvalue weighted by Crippen LogP contribution is -3.19. The number of amides is 1. The van der Waals surface area contributed by atoms with Gasteiger partial charge in [0.2, 0.25) is 10.0 Å². The standard InChI is InChI=1S/C17H27N3O3S/c1-13-6-7-14(2)16(12-13)24(22,23)20-10-8-19(9-11-20)15(3)17(21)18(4)5/h6-7,12,15H,8-11H2,1-5H3/p+1/t15-/m1/s1. The van der Waals surface area contributed by atoms with Gasteiger partial charge < -0.3 is 9.80 Å². The quantitative estimate of drug-likeness (QED) is 0.805. The summed E-state index contributed by atoms with van der Waals surface area (Å²) in [6.07, 6.45) is 0. The highest BCUT2D eigenvalue weighted by molar-refractivity contribution is 7.89. The van der Waals surface area contributed by atoms with E-state index in [1.807, 2.05) is 32.9 Å². The van der Waals surface area contributed by atoms with Gasteiger partial charge in [-0.25, -0.2) is 8.42 Å². The van der Waals surface area contributed by atoms with Gasteiger partial charge in [-0.2, -0.15) is 4.31 Å². The number of likely N-dealkylation sites (N-methyl/N-ethyl adjacent to an activating group) is 1. The van der Waals surface area contributed by atoms with Crippen LogP contribution in [0.2, 0.25) is 0 Å². The van der Waals surface area contributed by atoms with Gasteiger partial charge in [0.1, 0.15) is 0 Å². The number of hydrogen-bond acceptors (Lipinski definition) is 3. The summed E-state index contributed by atoms with van der Waals surface area (Å²) in [6.45, 7) is 7.80. The summed E-state index contributed by atoms with van der Waals surface area (Å²) in [5, 5.41) is 0. The SMILES string of the molecule is Cc1ccc(C)c(S(=O)(=O)N2CC[NH+]([C@H](C)C(=O)N(C)C)CC2)c1. The van der Waals surface area contributed by atoms with Crippen LogP contribution in [0.1, 0.15) is 18.1 Å². The molecule has 24 heavy (non-hydrogen) atoms. The number of rotatable bonds is 4. The number of benzene rings is 1. The summed E-state index contributed by atoms with van der Waals surface area (Å²) in [5.74, 6) is 0.0795. The van der Waals surface area contributed by atoms with Crippen LogP contribution in [-0.4, -0.2) is 69.8 Å². The molecule has 1 aromatic rings. The van der Waals surface area contributed by atoms with Crippen LogP contribution in [-0.2, 0) is 14.8 Å². The molecule has 0 spiro atoms. The van der Waals surface area contributed by atoms with Crippen molar-refractivity contribution in [3.63, 3.8) is 0 Å². The molecule has 0 unspecified atom stereocenters. The van der Waals surface area contributed by atoms with Crippen molar-refractivity contribution in [2.75, 3.05) is 40.3 Å². The fraction of sp³-hybridized carbons (Fsp3) is 0.588. The van der Waals surface area contributed by atoms with Crippen molar-refractivity contribution in [3.8, 4) is 0 Å². The van der Waals surface area contributed by atoms with Gasteiger partial charge in [0.25, 0.3) is 5.91 Å². The molecular weight excluding hydrogens is 326 g/mol. The highest BCUT2D eigenvalue weighted by atomic mass is 32.2. The Labute approximate surface area is 145 Å². The molecule has 134 valence electrons. The van der Waals surface area contributed by atoms with Gasteiger partial charge in [-0.15, -0.1) is 0 Å². The van der Waals surface area contributed by atoms with Gasteiger partial charge in [-0.05, 0) is 38.0 Å². The molecule has 1 atom stereocenters. The first-order valence-electron chi connectivity index (χ1n) is 8.27. The van der Waals surface area contributed by atoms with Crippen LogP contribution in [0.3, 0.4) is 0 Å². The van der Waals surface area contributed by atoms with Crippen LogP contribution in [0.25, 0.3) is 0 Å². The summed E-state index contributed by atoms with van der Waals surface area (Å²) in [5.41, 5.74) is 1.71. The molecule has 1 fully saturated rings. The lowest BCUT2D eigenvalue weighted by atomic mass is 10.2. The molecule has 1 amide bonds. The van der Waals surface area contributed by atoms with Crippen molar-refractivity contribution in [2.45, 2.75) is 31.7 Å². The highest BCUT2D eigenvalue weighted by Crippen LogP contribution is 2.21. The first-order chi connectivity index (χ1) is 11.1. The molecule has 1 aliphatic heterocycles. The van der Waals surface area contributed by atoms with Crippen LogP contribution < -0.4 is 4.90 Å². The second kappa shape index (κ2) is 7.21. The van der Waals surface area contributed by atoms with Crippen LogP contribution in [0.4, 0.5) is 0 Å². The number of hydrogen-bond donors (Lipinski definition) is 1. The Bertz CT molecular complexity index is 708. The monoisotopic (exact) mass is 354 g/mol. The van der Waals surface area contributed by atoms with Gasteiger partial charge in [0.15, 0.2) is 6.04 Å². The van der Waals surface area contributed by atoms with Crippen molar-refractivity contribution >= 4 is 15.9 Å². The summed E-state index contributed by atoms with van der Waals surface area (Å²) >= 11 is 0. The Hall–Kier alpha value is -1.44. The molecule has 0 bridgehead atoms. The van der Waals surface area contributed by atoms with E-state index in [-0.39, 0.29) is 11.9 Å². The third-order valence-electron chi connectivity index (χ3n) is 4.75. The molecule has 0 aliphatic carbocycles. The fourth-order valence-electron chi connectivity index (χ4n) is 3.13. The number of aryl methyl sites for hydroxylation is 2. The Balaban J connectivity index is 2.11. The number of nitrogens with zero attached hydrogens (tertiary/aromatic N) is 2. The van der Waals surface area contributed by atoms with E-state index in [1.54, 1.807) is 29.4 Å². The number of nitrogens with one attached hydrogen (secondary N) is 1. The predicted molar refractivity (Wildman–Crippen MR) is 93.5 cm³/mol. The third-order valence-corrected chi connectivity index (χ3v) is 6.79. The zero-order chi connectivity index (χ0) is 18.1. The van der Waals surface area contributed by atoms with Crippen molar-refractivity contribution < 1.29 is 18.1 Å². The molecule has 2 rings (SSSR count). The van der Waals surface area contributed by atoms with E-state index in [4.69, 9.17) is 0 Å². The van der Waals surface area contributed by atoms with Gasteiger partial charge in [-0.3, -0.25) is 4.79 Å². The molecule has 7 heteroatoms. The number of piperazine rings is 1. The van der Waals surface area contributed by atoms with Crippen LogP contribution in [0.15, 0.2) is 23.1 Å². The Kier molecular flexibility index (Phi) is 5.67. The molecule has 1 heterocycles. The first-order valence-corrected chi connectivity index (χ1v) is 9.71.